The molecule has 0 aromatic carbocycles. The Kier molecular flexibility index (Phi) is 1.80. The highest BCUT2D eigenvalue weighted by Crippen LogP contribution is 2.10. The molecule has 0 aliphatic carbocycles. The SMILES string of the molecule is CNc1c(C(=O)O)ncn1C. The molecule has 0 spiro atoms. The maximum absolute atomic E-state index is 10.5. The van der Waals surface area contributed by atoms with Crippen molar-refractivity contribution in [2.24, 2.45) is 7.05 Å². The number of aryl methyl sites for hydroxylation is 1. The molecule has 2 N–H and O–H groups in total. The van der Waals surface area contributed by atoms with Crippen molar-refractivity contribution in [2.75, 3.05) is 12.4 Å². The van der Waals surface area contributed by atoms with Crippen LogP contribution >= 0.6 is 0 Å². The first-order valence-corrected chi connectivity index (χ1v) is 3.09. The van der Waals surface area contributed by atoms with E-state index in [4.69, 9.17) is 5.11 Å². The van der Waals surface area contributed by atoms with Crippen LogP contribution in [0, 0.1) is 0 Å². The van der Waals surface area contributed by atoms with E-state index in [-0.39, 0.29) is 5.69 Å². The second-order valence-corrected chi connectivity index (χ2v) is 2.11. The lowest BCUT2D eigenvalue weighted by Gasteiger charge is -2.00. The molecule has 0 saturated carbocycles. The number of nitrogens with zero attached hydrogens (tertiary/aromatic N) is 2. The number of carbonyl (C=O) groups is 1. The smallest absolute Gasteiger partial charge is 0.358 e. The van der Waals surface area contributed by atoms with E-state index >= 15 is 0 Å². The molecule has 5 nitrogen and oxygen atoms in total. The molecule has 5 heteroatoms. The van der Waals surface area contributed by atoms with Gasteiger partial charge < -0.3 is 15.0 Å². The van der Waals surface area contributed by atoms with Gasteiger partial charge in [-0.3, -0.25) is 0 Å². The van der Waals surface area contributed by atoms with Gasteiger partial charge in [0.25, 0.3) is 0 Å². The highest BCUT2D eigenvalue weighted by Gasteiger charge is 2.13. The fraction of sp³-hybridized carbons (Fsp3) is 0.333. The first-order valence-electron chi connectivity index (χ1n) is 3.09. The third-order valence-electron chi connectivity index (χ3n) is 1.38. The van der Waals surface area contributed by atoms with E-state index in [2.05, 4.69) is 10.3 Å². The summed E-state index contributed by atoms with van der Waals surface area (Å²) in [6, 6.07) is 0. The minimum atomic E-state index is -1.02. The first-order chi connectivity index (χ1) is 5.16. The van der Waals surface area contributed by atoms with Gasteiger partial charge in [-0.2, -0.15) is 0 Å². The number of aromatic carboxylic acids is 1. The lowest BCUT2D eigenvalue weighted by molar-refractivity contribution is 0.0692. The Morgan fingerprint density at radius 3 is 2.82 bits per heavy atom. The Hall–Kier alpha value is -1.52. The topological polar surface area (TPSA) is 67.2 Å². The molecule has 0 radical (unpaired) electrons. The van der Waals surface area contributed by atoms with Crippen LogP contribution in [0.4, 0.5) is 5.82 Å². The summed E-state index contributed by atoms with van der Waals surface area (Å²) in [7, 11) is 3.38. The van der Waals surface area contributed by atoms with Gasteiger partial charge in [-0.15, -0.1) is 0 Å². The molecular formula is C6H9N3O2. The monoisotopic (exact) mass is 155 g/mol. The molecule has 11 heavy (non-hydrogen) atoms. The second-order valence-electron chi connectivity index (χ2n) is 2.11. The van der Waals surface area contributed by atoms with Crippen LogP contribution in [0.1, 0.15) is 10.5 Å². The van der Waals surface area contributed by atoms with Crippen LogP contribution in [-0.4, -0.2) is 27.7 Å². The number of imidazole rings is 1. The molecule has 60 valence electrons. The van der Waals surface area contributed by atoms with E-state index in [1.54, 1.807) is 18.7 Å². The van der Waals surface area contributed by atoms with Crippen molar-refractivity contribution in [2.45, 2.75) is 0 Å². The van der Waals surface area contributed by atoms with Crippen LogP contribution in [0.15, 0.2) is 6.33 Å². The molecule has 0 atom stereocenters. The second kappa shape index (κ2) is 2.61. The molecule has 1 heterocycles. The summed E-state index contributed by atoms with van der Waals surface area (Å²) in [5, 5.41) is 11.3. The minimum Gasteiger partial charge on any atom is -0.476 e. The molecule has 0 bridgehead atoms. The Morgan fingerprint density at radius 2 is 2.45 bits per heavy atom. The van der Waals surface area contributed by atoms with E-state index in [9.17, 15) is 4.79 Å². The number of hydrogen-bond donors (Lipinski definition) is 2. The van der Waals surface area contributed by atoms with Gasteiger partial charge in [-0.1, -0.05) is 0 Å². The van der Waals surface area contributed by atoms with Gasteiger partial charge in [-0.05, 0) is 0 Å². The maximum Gasteiger partial charge on any atom is 0.358 e. The van der Waals surface area contributed by atoms with Crippen molar-refractivity contribution >= 4 is 11.8 Å². The summed E-state index contributed by atoms with van der Waals surface area (Å²) in [4.78, 5) is 14.2. The molecule has 1 rings (SSSR count). The molecule has 0 saturated heterocycles. The number of hydrogen-bond acceptors (Lipinski definition) is 3. The first kappa shape index (κ1) is 7.59. The maximum atomic E-state index is 10.5. The predicted molar refractivity (Wildman–Crippen MR) is 39.7 cm³/mol. The van der Waals surface area contributed by atoms with E-state index in [1.807, 2.05) is 0 Å². The molecule has 1 aromatic rings. The summed E-state index contributed by atoms with van der Waals surface area (Å²) in [6.07, 6.45) is 1.45. The van der Waals surface area contributed by atoms with E-state index in [0.717, 1.165) is 0 Å². The van der Waals surface area contributed by atoms with Crippen molar-refractivity contribution in [3.63, 3.8) is 0 Å². The van der Waals surface area contributed by atoms with Gasteiger partial charge in [0.15, 0.2) is 5.69 Å². The lowest BCUT2D eigenvalue weighted by Crippen LogP contribution is -2.04. The summed E-state index contributed by atoms with van der Waals surface area (Å²) in [5.74, 6) is -0.507. The average molecular weight is 155 g/mol. The third-order valence-corrected chi connectivity index (χ3v) is 1.38. The van der Waals surface area contributed by atoms with Crippen LogP contribution in [0.5, 0.6) is 0 Å². The molecule has 0 fully saturated rings. The largest absolute Gasteiger partial charge is 0.476 e. The molecular weight excluding hydrogens is 146 g/mol. The van der Waals surface area contributed by atoms with Gasteiger partial charge in [0.05, 0.1) is 6.33 Å². The van der Waals surface area contributed by atoms with Crippen molar-refractivity contribution < 1.29 is 9.90 Å². The van der Waals surface area contributed by atoms with E-state index in [1.165, 1.54) is 6.33 Å². The fourth-order valence-corrected chi connectivity index (χ4v) is 0.882. The molecule has 0 amide bonds. The Balaban J connectivity index is 3.15. The number of anilines is 1. The zero-order chi connectivity index (χ0) is 8.43. The zero-order valence-corrected chi connectivity index (χ0v) is 6.33. The Morgan fingerprint density at radius 1 is 1.82 bits per heavy atom. The van der Waals surface area contributed by atoms with Crippen LogP contribution < -0.4 is 5.32 Å². The van der Waals surface area contributed by atoms with Crippen LogP contribution in [0.2, 0.25) is 0 Å². The standard InChI is InChI=1S/C6H9N3O2/c1-7-5-4(6(10)11)8-3-9(5)2/h3,7H,1-2H3,(H,10,11). The quantitative estimate of drug-likeness (QED) is 0.638. The van der Waals surface area contributed by atoms with E-state index < -0.39 is 5.97 Å². The summed E-state index contributed by atoms with van der Waals surface area (Å²) < 4.78 is 1.61. The lowest BCUT2D eigenvalue weighted by atomic mass is 10.4. The molecule has 0 unspecified atom stereocenters. The van der Waals surface area contributed by atoms with Gasteiger partial charge in [-0.25, -0.2) is 9.78 Å². The van der Waals surface area contributed by atoms with Crippen molar-refractivity contribution in [1.82, 2.24) is 9.55 Å². The Labute approximate surface area is 63.7 Å². The fourth-order valence-electron chi connectivity index (χ4n) is 0.882. The Bertz CT molecular complexity index is 279. The summed E-state index contributed by atoms with van der Waals surface area (Å²) in [6.45, 7) is 0. The number of carboxylic acid groups (broad SMARTS) is 1. The average Bonchev–Trinajstić information content (AvgIpc) is 2.30. The van der Waals surface area contributed by atoms with Gasteiger partial charge in [0, 0.05) is 14.1 Å². The number of rotatable bonds is 2. The highest BCUT2D eigenvalue weighted by atomic mass is 16.4. The summed E-state index contributed by atoms with van der Waals surface area (Å²) >= 11 is 0. The van der Waals surface area contributed by atoms with Crippen LogP contribution in [0.3, 0.4) is 0 Å². The number of nitrogens with one attached hydrogen (secondary N) is 1. The van der Waals surface area contributed by atoms with Crippen LogP contribution in [0.25, 0.3) is 0 Å². The number of aromatic nitrogens is 2. The molecule has 0 aliphatic rings. The van der Waals surface area contributed by atoms with E-state index in [0.29, 0.717) is 5.82 Å². The van der Waals surface area contributed by atoms with Gasteiger partial charge >= 0.3 is 5.97 Å². The zero-order valence-electron chi connectivity index (χ0n) is 6.33. The predicted octanol–water partition coefficient (Wildman–Crippen LogP) is 0.160. The normalized spacial score (nSPS) is 9.64. The molecule has 1 aromatic heterocycles. The van der Waals surface area contributed by atoms with Crippen LogP contribution in [-0.2, 0) is 7.05 Å². The number of carboxylic acids is 1. The summed E-state index contributed by atoms with van der Waals surface area (Å²) in [5.41, 5.74) is 0.0509. The van der Waals surface area contributed by atoms with Gasteiger partial charge in [0.2, 0.25) is 0 Å². The van der Waals surface area contributed by atoms with Crippen molar-refractivity contribution in [3.05, 3.63) is 12.0 Å². The van der Waals surface area contributed by atoms with Crippen molar-refractivity contribution in [3.8, 4) is 0 Å². The highest BCUT2D eigenvalue weighted by molar-refractivity contribution is 5.91. The van der Waals surface area contributed by atoms with Crippen molar-refractivity contribution in [1.29, 1.82) is 0 Å². The molecule has 0 aliphatic heterocycles. The third kappa shape index (κ3) is 1.17. The van der Waals surface area contributed by atoms with Gasteiger partial charge in [0.1, 0.15) is 5.82 Å². The minimum absolute atomic E-state index is 0.0509.